The van der Waals surface area contributed by atoms with Crippen molar-refractivity contribution in [2.75, 3.05) is 5.32 Å². The van der Waals surface area contributed by atoms with Gasteiger partial charge in [-0.3, -0.25) is 14.9 Å². The van der Waals surface area contributed by atoms with Crippen LogP contribution in [-0.4, -0.2) is 28.6 Å². The van der Waals surface area contributed by atoms with E-state index in [1.807, 2.05) is 6.92 Å². The van der Waals surface area contributed by atoms with Gasteiger partial charge in [0, 0.05) is 5.69 Å². The van der Waals surface area contributed by atoms with Gasteiger partial charge in [0.15, 0.2) is 0 Å². The van der Waals surface area contributed by atoms with Gasteiger partial charge in [-0.2, -0.15) is 0 Å². The average molecular weight is 320 g/mol. The Morgan fingerprint density at radius 2 is 1.87 bits per heavy atom. The topological polar surface area (TPSA) is 67.4 Å². The third kappa shape index (κ3) is 2.32. The summed E-state index contributed by atoms with van der Waals surface area (Å²) in [7, 11) is 0. The van der Waals surface area contributed by atoms with Gasteiger partial charge in [-0.05, 0) is 58.4 Å². The predicted molar refractivity (Wildman–Crippen MR) is 83.3 cm³/mol. The number of hydrogen-bond acceptors (Lipinski definition) is 4. The van der Waals surface area contributed by atoms with Crippen LogP contribution in [0.4, 0.5) is 10.1 Å². The molecule has 6 heteroatoms. The number of ether oxygens (including phenoxy) is 1. The highest BCUT2D eigenvalue weighted by atomic mass is 19.1. The lowest BCUT2D eigenvalue weighted by Crippen LogP contribution is -2.70. The Morgan fingerprint density at radius 1 is 1.26 bits per heavy atom. The van der Waals surface area contributed by atoms with Crippen molar-refractivity contribution in [2.24, 2.45) is 5.92 Å². The van der Waals surface area contributed by atoms with E-state index in [1.165, 1.54) is 24.3 Å². The number of fused-ring (bicyclic) bond motifs is 2. The quantitative estimate of drug-likeness (QED) is 0.820. The fourth-order valence-corrected chi connectivity index (χ4v) is 3.60. The van der Waals surface area contributed by atoms with Crippen molar-refractivity contribution in [1.29, 1.82) is 0 Å². The summed E-state index contributed by atoms with van der Waals surface area (Å²) in [5, 5.41) is 6.12. The Labute approximate surface area is 134 Å². The van der Waals surface area contributed by atoms with E-state index in [0.29, 0.717) is 12.1 Å². The number of halogens is 1. The number of nitrogens with one attached hydrogen (secondary N) is 2. The lowest BCUT2D eigenvalue weighted by molar-refractivity contribution is -0.182. The van der Waals surface area contributed by atoms with Crippen LogP contribution in [0, 0.1) is 11.7 Å². The van der Waals surface area contributed by atoms with Crippen LogP contribution in [-0.2, 0) is 14.3 Å². The number of hydrogen-bond donors (Lipinski definition) is 2. The Morgan fingerprint density at radius 3 is 2.48 bits per heavy atom. The second kappa shape index (κ2) is 4.77. The average Bonchev–Trinajstić information content (AvgIpc) is 2.72. The van der Waals surface area contributed by atoms with E-state index in [9.17, 15) is 14.0 Å². The highest BCUT2D eigenvalue weighted by Gasteiger charge is 2.67. The summed E-state index contributed by atoms with van der Waals surface area (Å²) in [6.45, 7) is 7.27. The van der Waals surface area contributed by atoms with E-state index in [0.717, 1.165) is 0 Å². The van der Waals surface area contributed by atoms with E-state index in [4.69, 9.17) is 4.74 Å². The molecule has 1 aromatic carbocycles. The van der Waals surface area contributed by atoms with Crippen molar-refractivity contribution in [1.82, 2.24) is 5.32 Å². The number of rotatable bonds is 2. The molecule has 1 aromatic rings. The summed E-state index contributed by atoms with van der Waals surface area (Å²) in [4.78, 5) is 25.0. The summed E-state index contributed by atoms with van der Waals surface area (Å²) >= 11 is 0. The molecule has 1 amide bonds. The molecule has 2 aliphatic heterocycles. The Bertz CT molecular complexity index is 673. The van der Waals surface area contributed by atoms with Crippen LogP contribution in [0.5, 0.6) is 0 Å². The molecule has 0 spiro atoms. The molecule has 2 aliphatic rings. The number of amides is 1. The van der Waals surface area contributed by atoms with Gasteiger partial charge in [-0.15, -0.1) is 0 Å². The minimum atomic E-state index is -0.866. The minimum Gasteiger partial charge on any atom is -0.456 e. The summed E-state index contributed by atoms with van der Waals surface area (Å²) in [5.74, 6) is -1.35. The van der Waals surface area contributed by atoms with Crippen molar-refractivity contribution in [3.63, 3.8) is 0 Å². The standard InChI is InChI=1S/C17H21FN2O3/c1-15(2)17(4)12(9-16(3,20-17)14(22)23-15)13(21)19-11-7-5-10(18)6-8-11/h5-8,12,20H,9H2,1-4H3,(H,19,21)/t12-,16-,17+/m0/s1. The molecule has 2 heterocycles. The van der Waals surface area contributed by atoms with Gasteiger partial charge < -0.3 is 10.1 Å². The first-order valence-corrected chi connectivity index (χ1v) is 7.67. The first kappa shape index (κ1) is 15.9. The molecule has 2 bridgehead atoms. The summed E-state index contributed by atoms with van der Waals surface area (Å²) < 4.78 is 18.6. The lowest BCUT2D eigenvalue weighted by Gasteiger charge is -2.48. The minimum absolute atomic E-state index is 0.207. The Hall–Kier alpha value is -1.95. The maximum Gasteiger partial charge on any atom is 0.326 e. The molecule has 0 saturated carbocycles. The first-order valence-electron chi connectivity index (χ1n) is 7.67. The van der Waals surface area contributed by atoms with E-state index in [2.05, 4.69) is 10.6 Å². The molecular weight excluding hydrogens is 299 g/mol. The van der Waals surface area contributed by atoms with E-state index in [1.54, 1.807) is 20.8 Å². The molecule has 3 rings (SSSR count). The maximum atomic E-state index is 13.0. The van der Waals surface area contributed by atoms with Gasteiger partial charge in [0.1, 0.15) is 17.0 Å². The number of morpholine rings is 1. The molecule has 0 aromatic heterocycles. The summed E-state index contributed by atoms with van der Waals surface area (Å²) in [5.41, 5.74) is -1.84. The molecule has 0 unspecified atom stereocenters. The van der Waals surface area contributed by atoms with Crippen LogP contribution in [0.15, 0.2) is 24.3 Å². The number of anilines is 1. The number of cyclic esters (lactones) is 1. The van der Waals surface area contributed by atoms with E-state index < -0.39 is 22.6 Å². The van der Waals surface area contributed by atoms with Crippen molar-refractivity contribution in [3.05, 3.63) is 30.1 Å². The van der Waals surface area contributed by atoms with Crippen LogP contribution in [0.2, 0.25) is 0 Å². The molecule has 0 aliphatic carbocycles. The fraction of sp³-hybridized carbons (Fsp3) is 0.529. The number of benzene rings is 1. The second-order valence-electron chi connectivity index (χ2n) is 7.31. The fourth-order valence-electron chi connectivity index (χ4n) is 3.60. The highest BCUT2D eigenvalue weighted by Crippen LogP contribution is 2.49. The second-order valence-corrected chi connectivity index (χ2v) is 7.31. The Kier molecular flexibility index (Phi) is 3.30. The molecule has 3 atom stereocenters. The molecule has 2 fully saturated rings. The molecule has 124 valence electrons. The van der Waals surface area contributed by atoms with Crippen molar-refractivity contribution in [2.45, 2.75) is 50.8 Å². The van der Waals surface area contributed by atoms with Gasteiger partial charge in [-0.25, -0.2) is 4.39 Å². The molecule has 2 saturated heterocycles. The summed E-state index contributed by atoms with van der Waals surface area (Å²) in [6, 6.07) is 5.61. The third-order valence-corrected chi connectivity index (χ3v) is 5.32. The largest absolute Gasteiger partial charge is 0.456 e. The third-order valence-electron chi connectivity index (χ3n) is 5.32. The maximum absolute atomic E-state index is 13.0. The van der Waals surface area contributed by atoms with Crippen LogP contribution >= 0.6 is 0 Å². The number of esters is 1. The van der Waals surface area contributed by atoms with Gasteiger partial charge >= 0.3 is 5.97 Å². The smallest absolute Gasteiger partial charge is 0.326 e. The van der Waals surface area contributed by atoms with E-state index in [-0.39, 0.29) is 17.7 Å². The van der Waals surface area contributed by atoms with Gasteiger partial charge in [-0.1, -0.05) is 0 Å². The first-order chi connectivity index (χ1) is 10.6. The van der Waals surface area contributed by atoms with Gasteiger partial charge in [0.2, 0.25) is 5.91 Å². The Balaban J connectivity index is 1.88. The molecular formula is C17H21FN2O3. The molecule has 2 N–H and O–H groups in total. The zero-order chi connectivity index (χ0) is 17.0. The lowest BCUT2D eigenvalue weighted by atomic mass is 9.74. The number of carbonyl (C=O) groups is 2. The van der Waals surface area contributed by atoms with Crippen LogP contribution < -0.4 is 10.6 Å². The molecule has 23 heavy (non-hydrogen) atoms. The highest BCUT2D eigenvalue weighted by molar-refractivity contribution is 5.96. The zero-order valence-electron chi connectivity index (χ0n) is 13.7. The van der Waals surface area contributed by atoms with Crippen LogP contribution in [0.3, 0.4) is 0 Å². The SMILES string of the molecule is CC1(C)OC(=O)[C@]2(C)C[C@@H](C(=O)Nc3ccc(F)cc3)[C@@]1(C)N2. The monoisotopic (exact) mass is 320 g/mol. The van der Waals surface area contributed by atoms with Crippen molar-refractivity contribution in [3.8, 4) is 0 Å². The zero-order valence-corrected chi connectivity index (χ0v) is 13.7. The normalized spacial score (nSPS) is 34.8. The van der Waals surface area contributed by atoms with Gasteiger partial charge in [0.25, 0.3) is 0 Å². The number of carbonyl (C=O) groups excluding carboxylic acids is 2. The molecule has 5 nitrogen and oxygen atoms in total. The molecule has 0 radical (unpaired) electrons. The summed E-state index contributed by atoms with van der Waals surface area (Å²) in [6.07, 6.45) is 0.360. The van der Waals surface area contributed by atoms with Gasteiger partial charge in [0.05, 0.1) is 11.5 Å². The predicted octanol–water partition coefficient (Wildman–Crippen LogP) is 2.23. The van der Waals surface area contributed by atoms with Crippen molar-refractivity contribution < 1.29 is 18.7 Å². The van der Waals surface area contributed by atoms with Crippen LogP contribution in [0.1, 0.15) is 34.1 Å². The van der Waals surface area contributed by atoms with E-state index >= 15 is 0 Å². The van der Waals surface area contributed by atoms with Crippen molar-refractivity contribution >= 4 is 17.6 Å². The van der Waals surface area contributed by atoms with Crippen LogP contribution in [0.25, 0.3) is 0 Å².